The Kier molecular flexibility index (Phi) is 8.02. The molecule has 3 rings (SSSR count). The zero-order chi connectivity index (χ0) is 22.3. The van der Waals surface area contributed by atoms with E-state index in [9.17, 15) is 5.11 Å². The van der Waals surface area contributed by atoms with Gasteiger partial charge in [0.1, 0.15) is 13.2 Å². The minimum Gasteiger partial charge on any atom is -0.486 e. The fourth-order valence-corrected chi connectivity index (χ4v) is 3.75. The number of benzene rings is 1. The van der Waals surface area contributed by atoms with E-state index in [1.807, 2.05) is 19.9 Å². The SMILES string of the molecule is CCNC(=NCC(C)(O)CN1CCOCC1)NCC(C)(C)c1ccc2c(c1)OCCO2. The summed E-state index contributed by atoms with van der Waals surface area (Å²) in [6.07, 6.45) is 0. The first-order valence-corrected chi connectivity index (χ1v) is 11.2. The maximum atomic E-state index is 10.8. The van der Waals surface area contributed by atoms with Crippen molar-refractivity contribution in [1.82, 2.24) is 15.5 Å². The summed E-state index contributed by atoms with van der Waals surface area (Å²) in [5.41, 5.74) is 0.118. The van der Waals surface area contributed by atoms with Crippen LogP contribution in [0.3, 0.4) is 0 Å². The number of aliphatic hydroxyl groups is 1. The molecule has 174 valence electrons. The minimum atomic E-state index is -0.898. The molecule has 2 heterocycles. The predicted molar refractivity (Wildman–Crippen MR) is 122 cm³/mol. The Balaban J connectivity index is 1.59. The largest absolute Gasteiger partial charge is 0.486 e. The van der Waals surface area contributed by atoms with E-state index in [4.69, 9.17) is 14.2 Å². The zero-order valence-electron chi connectivity index (χ0n) is 19.4. The maximum absolute atomic E-state index is 10.8. The smallest absolute Gasteiger partial charge is 0.191 e. The number of nitrogens with one attached hydrogen (secondary N) is 2. The van der Waals surface area contributed by atoms with Gasteiger partial charge in [0, 0.05) is 38.1 Å². The number of rotatable bonds is 8. The molecule has 2 aliphatic heterocycles. The molecule has 1 aromatic rings. The lowest BCUT2D eigenvalue weighted by Crippen LogP contribution is -2.48. The zero-order valence-corrected chi connectivity index (χ0v) is 19.4. The van der Waals surface area contributed by atoms with Gasteiger partial charge >= 0.3 is 0 Å². The highest BCUT2D eigenvalue weighted by atomic mass is 16.6. The van der Waals surface area contributed by atoms with Crippen LogP contribution in [0.1, 0.15) is 33.3 Å². The monoisotopic (exact) mass is 434 g/mol. The molecule has 0 amide bonds. The van der Waals surface area contributed by atoms with Gasteiger partial charge in [-0.3, -0.25) is 9.89 Å². The van der Waals surface area contributed by atoms with Crippen LogP contribution in [-0.4, -0.2) is 87.3 Å². The molecule has 0 spiro atoms. The van der Waals surface area contributed by atoms with Gasteiger partial charge in [0.25, 0.3) is 0 Å². The van der Waals surface area contributed by atoms with Crippen molar-refractivity contribution >= 4 is 5.96 Å². The molecular weight excluding hydrogens is 396 g/mol. The van der Waals surface area contributed by atoms with E-state index in [0.29, 0.717) is 38.8 Å². The van der Waals surface area contributed by atoms with Crippen molar-refractivity contribution in [3.63, 3.8) is 0 Å². The van der Waals surface area contributed by atoms with Crippen molar-refractivity contribution in [2.45, 2.75) is 38.7 Å². The van der Waals surface area contributed by atoms with Gasteiger partial charge in [0.15, 0.2) is 17.5 Å². The molecule has 0 aromatic heterocycles. The molecule has 1 aromatic carbocycles. The fraction of sp³-hybridized carbons (Fsp3) is 0.696. The van der Waals surface area contributed by atoms with Gasteiger partial charge in [0.05, 0.1) is 25.4 Å². The maximum Gasteiger partial charge on any atom is 0.191 e. The highest BCUT2D eigenvalue weighted by Crippen LogP contribution is 2.34. The van der Waals surface area contributed by atoms with Crippen LogP contribution in [0.25, 0.3) is 0 Å². The van der Waals surface area contributed by atoms with E-state index in [1.165, 1.54) is 5.56 Å². The van der Waals surface area contributed by atoms with Crippen molar-refractivity contribution in [1.29, 1.82) is 0 Å². The van der Waals surface area contributed by atoms with E-state index in [2.05, 4.69) is 46.5 Å². The van der Waals surface area contributed by atoms with E-state index in [0.717, 1.165) is 44.3 Å². The molecule has 8 heteroatoms. The summed E-state index contributed by atoms with van der Waals surface area (Å²) in [6.45, 7) is 14.9. The highest BCUT2D eigenvalue weighted by molar-refractivity contribution is 5.79. The summed E-state index contributed by atoms with van der Waals surface area (Å²) in [5.74, 6) is 2.31. The number of hydrogen-bond donors (Lipinski definition) is 3. The second-order valence-electron chi connectivity index (χ2n) is 9.18. The molecule has 2 aliphatic rings. The standard InChI is InChI=1S/C23H38N4O4/c1-5-24-21(26-16-23(4,28)17-27-8-10-29-11-9-27)25-15-22(2,3)18-6-7-19-20(14-18)31-13-12-30-19/h6-7,14,28H,5,8-13,15-17H2,1-4H3,(H2,24,25,26). The fourth-order valence-electron chi connectivity index (χ4n) is 3.75. The van der Waals surface area contributed by atoms with Crippen LogP contribution in [0.2, 0.25) is 0 Å². The molecule has 1 fully saturated rings. The lowest BCUT2D eigenvalue weighted by Gasteiger charge is -2.33. The van der Waals surface area contributed by atoms with Crippen molar-refractivity contribution in [2.75, 3.05) is 65.7 Å². The number of morpholine rings is 1. The molecular formula is C23H38N4O4. The van der Waals surface area contributed by atoms with Crippen LogP contribution < -0.4 is 20.1 Å². The Hall–Kier alpha value is -2.03. The highest BCUT2D eigenvalue weighted by Gasteiger charge is 2.26. The number of ether oxygens (including phenoxy) is 3. The average Bonchev–Trinajstić information content (AvgIpc) is 2.76. The summed E-state index contributed by atoms with van der Waals surface area (Å²) in [7, 11) is 0. The van der Waals surface area contributed by atoms with E-state index >= 15 is 0 Å². The summed E-state index contributed by atoms with van der Waals surface area (Å²) in [6, 6.07) is 6.13. The van der Waals surface area contributed by atoms with Crippen molar-refractivity contribution < 1.29 is 19.3 Å². The Labute approximate surface area is 186 Å². The predicted octanol–water partition coefficient (Wildman–Crippen LogP) is 1.37. The van der Waals surface area contributed by atoms with Gasteiger partial charge in [-0.25, -0.2) is 0 Å². The second-order valence-corrected chi connectivity index (χ2v) is 9.18. The molecule has 0 bridgehead atoms. The van der Waals surface area contributed by atoms with Crippen molar-refractivity contribution in [3.05, 3.63) is 23.8 Å². The van der Waals surface area contributed by atoms with Crippen LogP contribution in [-0.2, 0) is 10.2 Å². The van der Waals surface area contributed by atoms with Gasteiger partial charge in [-0.1, -0.05) is 19.9 Å². The third-order valence-corrected chi connectivity index (χ3v) is 5.61. The summed E-state index contributed by atoms with van der Waals surface area (Å²) in [4.78, 5) is 6.89. The van der Waals surface area contributed by atoms with Crippen LogP contribution in [0.4, 0.5) is 0 Å². The van der Waals surface area contributed by atoms with Crippen LogP contribution in [0.5, 0.6) is 11.5 Å². The molecule has 1 saturated heterocycles. The molecule has 0 radical (unpaired) electrons. The van der Waals surface area contributed by atoms with E-state index in [1.54, 1.807) is 0 Å². The van der Waals surface area contributed by atoms with Crippen LogP contribution in [0.15, 0.2) is 23.2 Å². The lowest BCUT2D eigenvalue weighted by molar-refractivity contribution is -0.0180. The Morgan fingerprint density at radius 3 is 2.48 bits per heavy atom. The van der Waals surface area contributed by atoms with Gasteiger partial charge in [-0.05, 0) is 31.5 Å². The Morgan fingerprint density at radius 1 is 1.06 bits per heavy atom. The van der Waals surface area contributed by atoms with E-state index < -0.39 is 5.60 Å². The summed E-state index contributed by atoms with van der Waals surface area (Å²) in [5, 5.41) is 17.6. The molecule has 1 atom stereocenters. The summed E-state index contributed by atoms with van der Waals surface area (Å²) >= 11 is 0. The van der Waals surface area contributed by atoms with Gasteiger partial charge in [-0.15, -0.1) is 0 Å². The first-order chi connectivity index (χ1) is 14.8. The van der Waals surface area contributed by atoms with Crippen LogP contribution in [0, 0.1) is 0 Å². The van der Waals surface area contributed by atoms with E-state index in [-0.39, 0.29) is 5.41 Å². The normalized spacial score (nSPS) is 19.6. The van der Waals surface area contributed by atoms with Gasteiger partial charge < -0.3 is 30.0 Å². The molecule has 8 nitrogen and oxygen atoms in total. The van der Waals surface area contributed by atoms with Gasteiger partial charge in [-0.2, -0.15) is 0 Å². The third kappa shape index (κ3) is 6.98. The first-order valence-electron chi connectivity index (χ1n) is 11.2. The number of aliphatic imine (C=N–C) groups is 1. The lowest BCUT2D eigenvalue weighted by atomic mass is 9.84. The summed E-state index contributed by atoms with van der Waals surface area (Å²) < 4.78 is 16.8. The third-order valence-electron chi connectivity index (χ3n) is 5.61. The molecule has 1 unspecified atom stereocenters. The second kappa shape index (κ2) is 10.5. The average molecular weight is 435 g/mol. The number of β-amino-alcohol motifs (C(OH)–C–C–N with tert-alkyl or cyclic N) is 1. The Bertz CT molecular complexity index is 745. The molecule has 0 saturated carbocycles. The van der Waals surface area contributed by atoms with Gasteiger partial charge in [0.2, 0.25) is 0 Å². The van der Waals surface area contributed by atoms with Crippen molar-refractivity contribution in [3.8, 4) is 11.5 Å². The minimum absolute atomic E-state index is 0.150. The number of hydrogen-bond acceptors (Lipinski definition) is 6. The number of fused-ring (bicyclic) bond motifs is 1. The number of guanidine groups is 1. The number of nitrogens with zero attached hydrogens (tertiary/aromatic N) is 2. The van der Waals surface area contributed by atoms with Crippen LogP contribution >= 0.6 is 0 Å². The first kappa shape index (κ1) is 23.6. The van der Waals surface area contributed by atoms with Crippen molar-refractivity contribution in [2.24, 2.45) is 4.99 Å². The molecule has 0 aliphatic carbocycles. The topological polar surface area (TPSA) is 87.6 Å². The quantitative estimate of drug-likeness (QED) is 0.421. The molecule has 31 heavy (non-hydrogen) atoms. The molecule has 3 N–H and O–H groups in total. The Morgan fingerprint density at radius 2 is 1.77 bits per heavy atom.